The summed E-state index contributed by atoms with van der Waals surface area (Å²) < 4.78 is 25.5. The Hall–Kier alpha value is -0.790. The van der Waals surface area contributed by atoms with Crippen molar-refractivity contribution in [2.45, 2.75) is 13.3 Å². The molecule has 6 heteroatoms. The molecule has 76 valence electrons. The molecule has 2 N–H and O–H groups in total. The van der Waals surface area contributed by atoms with Gasteiger partial charge in [-0.25, -0.2) is 8.78 Å². The fourth-order valence-corrected chi connectivity index (χ4v) is 1.81. The van der Waals surface area contributed by atoms with Crippen LogP contribution in [-0.4, -0.2) is 10.9 Å². The van der Waals surface area contributed by atoms with E-state index in [9.17, 15) is 13.6 Å². The maximum atomic E-state index is 12.6. The standard InChI is InChI=1S/C8H7F2IN2O/c1-3-5(7(9)10)6(8(12)14)4(11)2-13-3/h2,7H,1H3,(H2,12,14). The molecule has 1 aromatic heterocycles. The highest BCUT2D eigenvalue weighted by molar-refractivity contribution is 14.1. The molecule has 0 aliphatic carbocycles. The predicted molar refractivity (Wildman–Crippen MR) is 55.2 cm³/mol. The van der Waals surface area contributed by atoms with Crippen molar-refractivity contribution in [2.75, 3.05) is 0 Å². The lowest BCUT2D eigenvalue weighted by Crippen LogP contribution is -2.17. The number of hydrogen-bond acceptors (Lipinski definition) is 2. The smallest absolute Gasteiger partial charge is 0.266 e. The van der Waals surface area contributed by atoms with Gasteiger partial charge in [-0.3, -0.25) is 9.78 Å². The molecule has 0 fully saturated rings. The van der Waals surface area contributed by atoms with Gasteiger partial charge in [-0.2, -0.15) is 0 Å². The number of aryl methyl sites for hydroxylation is 1. The van der Waals surface area contributed by atoms with Crippen molar-refractivity contribution in [3.8, 4) is 0 Å². The quantitative estimate of drug-likeness (QED) is 0.850. The monoisotopic (exact) mass is 312 g/mol. The van der Waals surface area contributed by atoms with E-state index in [1.807, 2.05) is 0 Å². The molecule has 0 bridgehead atoms. The molecule has 1 heterocycles. The number of primary amides is 1. The van der Waals surface area contributed by atoms with Crippen LogP contribution in [0.1, 0.15) is 28.0 Å². The van der Waals surface area contributed by atoms with Gasteiger partial charge in [-0.05, 0) is 29.5 Å². The number of amides is 1. The second kappa shape index (κ2) is 4.16. The van der Waals surface area contributed by atoms with E-state index >= 15 is 0 Å². The fourth-order valence-electron chi connectivity index (χ4n) is 1.11. The molecule has 0 aromatic carbocycles. The average molecular weight is 312 g/mol. The summed E-state index contributed by atoms with van der Waals surface area (Å²) in [5, 5.41) is 0. The van der Waals surface area contributed by atoms with E-state index in [1.165, 1.54) is 13.1 Å². The Morgan fingerprint density at radius 2 is 2.21 bits per heavy atom. The summed E-state index contributed by atoms with van der Waals surface area (Å²) in [4.78, 5) is 14.7. The summed E-state index contributed by atoms with van der Waals surface area (Å²) in [6.07, 6.45) is -1.39. The molecular weight excluding hydrogens is 305 g/mol. The first kappa shape index (κ1) is 11.3. The number of nitrogens with zero attached hydrogens (tertiary/aromatic N) is 1. The zero-order valence-electron chi connectivity index (χ0n) is 7.22. The maximum Gasteiger partial charge on any atom is 0.266 e. The van der Waals surface area contributed by atoms with Crippen LogP contribution in [0, 0.1) is 10.5 Å². The normalized spacial score (nSPS) is 10.6. The summed E-state index contributed by atoms with van der Waals surface area (Å²) in [6.45, 7) is 1.42. The van der Waals surface area contributed by atoms with Gasteiger partial charge in [0, 0.05) is 15.5 Å². The van der Waals surface area contributed by atoms with Crippen molar-refractivity contribution in [3.63, 3.8) is 0 Å². The topological polar surface area (TPSA) is 56.0 Å². The van der Waals surface area contributed by atoms with Crippen molar-refractivity contribution in [1.29, 1.82) is 0 Å². The van der Waals surface area contributed by atoms with Crippen molar-refractivity contribution < 1.29 is 13.6 Å². The highest BCUT2D eigenvalue weighted by Crippen LogP contribution is 2.27. The van der Waals surface area contributed by atoms with E-state index < -0.39 is 12.3 Å². The van der Waals surface area contributed by atoms with Crippen LogP contribution in [-0.2, 0) is 0 Å². The number of carbonyl (C=O) groups excluding carboxylic acids is 1. The SMILES string of the molecule is Cc1ncc(I)c(C(N)=O)c1C(F)F. The Morgan fingerprint density at radius 3 is 2.57 bits per heavy atom. The van der Waals surface area contributed by atoms with Crippen LogP contribution >= 0.6 is 22.6 Å². The lowest BCUT2D eigenvalue weighted by Gasteiger charge is -2.09. The second-order valence-electron chi connectivity index (χ2n) is 2.65. The van der Waals surface area contributed by atoms with E-state index in [1.54, 1.807) is 22.6 Å². The first-order valence-corrected chi connectivity index (χ1v) is 4.76. The van der Waals surface area contributed by atoms with Gasteiger partial charge in [-0.15, -0.1) is 0 Å². The van der Waals surface area contributed by atoms with E-state index in [0.717, 1.165) is 0 Å². The lowest BCUT2D eigenvalue weighted by molar-refractivity contribution is 0.0984. The number of carbonyl (C=O) groups is 1. The molecule has 1 aromatic rings. The number of aromatic nitrogens is 1. The Kier molecular flexibility index (Phi) is 3.35. The number of hydrogen-bond donors (Lipinski definition) is 1. The maximum absolute atomic E-state index is 12.6. The van der Waals surface area contributed by atoms with Crippen LogP contribution in [0.15, 0.2) is 6.20 Å². The van der Waals surface area contributed by atoms with Crippen molar-refractivity contribution >= 4 is 28.5 Å². The molecule has 0 aliphatic rings. The molecule has 14 heavy (non-hydrogen) atoms. The molecule has 0 saturated heterocycles. The summed E-state index contributed by atoms with van der Waals surface area (Å²) in [5.74, 6) is -0.852. The van der Waals surface area contributed by atoms with Crippen LogP contribution in [0.4, 0.5) is 8.78 Å². The number of alkyl halides is 2. The summed E-state index contributed by atoms with van der Waals surface area (Å²) in [6, 6.07) is 0. The fraction of sp³-hybridized carbons (Fsp3) is 0.250. The third-order valence-electron chi connectivity index (χ3n) is 1.73. The Bertz CT molecular complexity index is 382. The molecule has 3 nitrogen and oxygen atoms in total. The molecule has 0 saturated carbocycles. The van der Waals surface area contributed by atoms with Gasteiger partial charge >= 0.3 is 0 Å². The van der Waals surface area contributed by atoms with Gasteiger partial charge in [0.15, 0.2) is 0 Å². The number of pyridine rings is 1. The minimum atomic E-state index is -2.74. The Balaban J connectivity index is 3.50. The molecule has 0 atom stereocenters. The summed E-state index contributed by atoms with van der Waals surface area (Å²) in [7, 11) is 0. The van der Waals surface area contributed by atoms with E-state index in [2.05, 4.69) is 4.98 Å². The largest absolute Gasteiger partial charge is 0.366 e. The Morgan fingerprint density at radius 1 is 1.64 bits per heavy atom. The molecular formula is C8H7F2IN2O. The number of rotatable bonds is 2. The van der Waals surface area contributed by atoms with Crippen LogP contribution in [0.25, 0.3) is 0 Å². The molecule has 0 aliphatic heterocycles. The van der Waals surface area contributed by atoms with Gasteiger partial charge in [0.2, 0.25) is 5.91 Å². The molecule has 1 rings (SSSR count). The molecule has 0 spiro atoms. The zero-order valence-corrected chi connectivity index (χ0v) is 9.38. The van der Waals surface area contributed by atoms with Gasteiger partial charge in [-0.1, -0.05) is 0 Å². The Labute approximate surface area is 92.8 Å². The highest BCUT2D eigenvalue weighted by Gasteiger charge is 2.22. The first-order valence-electron chi connectivity index (χ1n) is 3.68. The van der Waals surface area contributed by atoms with Crippen molar-refractivity contribution in [2.24, 2.45) is 5.73 Å². The minimum absolute atomic E-state index is 0.131. The van der Waals surface area contributed by atoms with Gasteiger partial charge in [0.05, 0.1) is 11.1 Å². The van der Waals surface area contributed by atoms with Crippen LogP contribution in [0.5, 0.6) is 0 Å². The summed E-state index contributed by atoms with van der Waals surface area (Å²) in [5.41, 5.74) is 4.65. The van der Waals surface area contributed by atoms with Crippen molar-refractivity contribution in [1.82, 2.24) is 4.98 Å². The van der Waals surface area contributed by atoms with Gasteiger partial charge in [0.25, 0.3) is 6.43 Å². The zero-order chi connectivity index (χ0) is 10.9. The van der Waals surface area contributed by atoms with E-state index in [4.69, 9.17) is 5.73 Å². The van der Waals surface area contributed by atoms with Gasteiger partial charge < -0.3 is 5.73 Å². The molecule has 0 radical (unpaired) electrons. The third kappa shape index (κ3) is 1.99. The first-order chi connectivity index (χ1) is 6.45. The highest BCUT2D eigenvalue weighted by atomic mass is 127. The predicted octanol–water partition coefficient (Wildman–Crippen LogP) is 2.03. The average Bonchev–Trinajstić information content (AvgIpc) is 2.07. The molecule has 0 unspecified atom stereocenters. The number of nitrogens with two attached hydrogens (primary N) is 1. The van der Waals surface area contributed by atoms with Crippen LogP contribution in [0.2, 0.25) is 0 Å². The minimum Gasteiger partial charge on any atom is -0.366 e. The van der Waals surface area contributed by atoms with Crippen molar-refractivity contribution in [3.05, 3.63) is 26.6 Å². The molecule has 1 amide bonds. The second-order valence-corrected chi connectivity index (χ2v) is 3.81. The summed E-state index contributed by atoms with van der Waals surface area (Å²) >= 11 is 1.75. The third-order valence-corrected chi connectivity index (χ3v) is 2.55. The van der Waals surface area contributed by atoms with E-state index in [0.29, 0.717) is 3.57 Å². The lowest BCUT2D eigenvalue weighted by atomic mass is 10.1. The van der Waals surface area contributed by atoms with Crippen LogP contribution < -0.4 is 5.73 Å². The van der Waals surface area contributed by atoms with Gasteiger partial charge in [0.1, 0.15) is 0 Å². The van der Waals surface area contributed by atoms with E-state index in [-0.39, 0.29) is 16.8 Å². The number of halogens is 3. The van der Waals surface area contributed by atoms with Crippen LogP contribution in [0.3, 0.4) is 0 Å².